The lowest BCUT2D eigenvalue weighted by Crippen LogP contribution is -2.56. The third-order valence-electron chi connectivity index (χ3n) is 12.7. The molecule has 1 heteroatoms. The van der Waals surface area contributed by atoms with Crippen molar-refractivity contribution in [2.24, 2.45) is 52.3 Å². The summed E-state index contributed by atoms with van der Waals surface area (Å²) in [7, 11) is 0. The van der Waals surface area contributed by atoms with Crippen molar-refractivity contribution in [3.63, 3.8) is 0 Å². The molecule has 4 aliphatic carbocycles. The zero-order valence-corrected chi connectivity index (χ0v) is 23.1. The van der Waals surface area contributed by atoms with Gasteiger partial charge in [0.15, 0.2) is 0 Å². The molecule has 0 amide bonds. The molecular weight excluding hydrogens is 398 g/mol. The first kappa shape index (κ1) is 24.6. The summed E-state index contributed by atoms with van der Waals surface area (Å²) in [6.07, 6.45) is 22.7. The van der Waals surface area contributed by atoms with E-state index in [0.29, 0.717) is 10.8 Å². The molecule has 5 rings (SSSR count). The van der Waals surface area contributed by atoms with Crippen molar-refractivity contribution in [3.8, 4) is 0 Å². The number of hydrogen-bond donors (Lipinski definition) is 0. The Morgan fingerprint density at radius 2 is 1.48 bits per heavy atom. The lowest BCUT2D eigenvalue weighted by atomic mass is 9.44. The quantitative estimate of drug-likeness (QED) is 0.386. The molecule has 1 nitrogen and oxygen atoms in total. The lowest BCUT2D eigenvalue weighted by Gasteiger charge is -2.62. The van der Waals surface area contributed by atoms with Crippen LogP contribution in [0.5, 0.6) is 0 Å². The summed E-state index contributed by atoms with van der Waals surface area (Å²) in [4.78, 5) is 2.91. The number of nitrogens with zero attached hydrogens (tertiary/aromatic N) is 1. The number of rotatable bonds is 6. The topological polar surface area (TPSA) is 3.24 Å². The van der Waals surface area contributed by atoms with E-state index in [1.807, 2.05) is 0 Å². The minimum absolute atomic E-state index is 0.659. The summed E-state index contributed by atoms with van der Waals surface area (Å²) in [6, 6.07) is 0.927. The van der Waals surface area contributed by atoms with Gasteiger partial charge in [0, 0.05) is 6.04 Å². The Kier molecular flexibility index (Phi) is 7.31. The van der Waals surface area contributed by atoms with E-state index in [-0.39, 0.29) is 0 Å². The molecule has 0 aromatic heterocycles. The molecule has 1 saturated heterocycles. The van der Waals surface area contributed by atoms with Gasteiger partial charge in [0.2, 0.25) is 0 Å². The largest absolute Gasteiger partial charge is 0.300 e. The minimum atomic E-state index is 0.659. The second-order valence-corrected chi connectivity index (χ2v) is 14.7. The predicted molar refractivity (Wildman–Crippen MR) is 142 cm³/mol. The normalized spacial score (nSPS) is 47.1. The third kappa shape index (κ3) is 4.49. The van der Waals surface area contributed by atoms with E-state index in [2.05, 4.69) is 39.5 Å². The summed E-state index contributed by atoms with van der Waals surface area (Å²) >= 11 is 0. The van der Waals surface area contributed by atoms with E-state index in [0.717, 1.165) is 47.5 Å². The average molecular weight is 456 g/mol. The highest BCUT2D eigenvalue weighted by molar-refractivity contribution is 5.10. The molecule has 0 spiro atoms. The van der Waals surface area contributed by atoms with E-state index in [4.69, 9.17) is 0 Å². The van der Waals surface area contributed by atoms with Crippen molar-refractivity contribution in [1.29, 1.82) is 0 Å². The molecule has 1 aliphatic heterocycles. The second kappa shape index (κ2) is 9.78. The van der Waals surface area contributed by atoms with Crippen LogP contribution in [0.3, 0.4) is 0 Å². The van der Waals surface area contributed by atoms with Crippen molar-refractivity contribution in [1.82, 2.24) is 4.90 Å². The summed E-state index contributed by atoms with van der Waals surface area (Å²) in [6.45, 7) is 15.8. The first-order valence-electron chi connectivity index (χ1n) is 15.6. The van der Waals surface area contributed by atoms with Gasteiger partial charge in [-0.05, 0) is 136 Å². The van der Waals surface area contributed by atoms with Crippen LogP contribution in [0.15, 0.2) is 0 Å². The Labute approximate surface area is 207 Å². The van der Waals surface area contributed by atoms with E-state index in [1.54, 1.807) is 44.9 Å². The SMILES string of the molecule is CC(C)CCC[C@@H](C)[C@H]1CCC2C3CCC4C[C@@H](N5CCCCC5)CC[C@]4(C)C3CC[C@@]21C. The smallest absolute Gasteiger partial charge is 0.00983 e. The van der Waals surface area contributed by atoms with Crippen LogP contribution < -0.4 is 0 Å². The van der Waals surface area contributed by atoms with Crippen LogP contribution in [0, 0.1) is 52.3 Å². The molecule has 0 N–H and O–H groups in total. The minimum Gasteiger partial charge on any atom is -0.300 e. The first-order chi connectivity index (χ1) is 15.8. The molecular formula is C32H57N. The monoisotopic (exact) mass is 455 g/mol. The Hall–Kier alpha value is -0.0400. The molecule has 0 bridgehead atoms. The first-order valence-corrected chi connectivity index (χ1v) is 15.6. The maximum Gasteiger partial charge on any atom is 0.00983 e. The van der Waals surface area contributed by atoms with E-state index >= 15 is 0 Å². The van der Waals surface area contributed by atoms with E-state index < -0.39 is 0 Å². The van der Waals surface area contributed by atoms with Gasteiger partial charge in [-0.25, -0.2) is 0 Å². The molecule has 1 heterocycles. The fourth-order valence-corrected chi connectivity index (χ4v) is 10.9. The Balaban J connectivity index is 1.24. The molecule has 0 aromatic rings. The summed E-state index contributed by atoms with van der Waals surface area (Å²) in [5.74, 6) is 7.01. The van der Waals surface area contributed by atoms with E-state index in [9.17, 15) is 0 Å². The van der Waals surface area contributed by atoms with Gasteiger partial charge in [0.05, 0.1) is 0 Å². The van der Waals surface area contributed by atoms with Crippen LogP contribution in [-0.4, -0.2) is 24.0 Å². The molecule has 0 radical (unpaired) electrons. The summed E-state index contributed by atoms with van der Waals surface area (Å²) in [5.41, 5.74) is 1.32. The molecule has 5 fully saturated rings. The van der Waals surface area contributed by atoms with Gasteiger partial charge in [-0.1, -0.05) is 60.3 Å². The zero-order valence-electron chi connectivity index (χ0n) is 23.1. The summed E-state index contributed by atoms with van der Waals surface area (Å²) < 4.78 is 0. The number of piperidine rings is 1. The van der Waals surface area contributed by atoms with Gasteiger partial charge < -0.3 is 4.90 Å². The maximum absolute atomic E-state index is 2.91. The number of likely N-dealkylation sites (tertiary alicyclic amines) is 1. The second-order valence-electron chi connectivity index (χ2n) is 14.7. The van der Waals surface area contributed by atoms with Crippen LogP contribution in [-0.2, 0) is 0 Å². The highest BCUT2D eigenvalue weighted by atomic mass is 15.2. The molecule has 5 aliphatic rings. The van der Waals surface area contributed by atoms with Crippen molar-refractivity contribution in [3.05, 3.63) is 0 Å². The van der Waals surface area contributed by atoms with Crippen LogP contribution in [0.4, 0.5) is 0 Å². The van der Waals surface area contributed by atoms with Crippen molar-refractivity contribution in [2.75, 3.05) is 13.1 Å². The highest BCUT2D eigenvalue weighted by Gasteiger charge is 2.60. The van der Waals surface area contributed by atoms with Crippen molar-refractivity contribution < 1.29 is 0 Å². The van der Waals surface area contributed by atoms with Gasteiger partial charge in [-0.2, -0.15) is 0 Å². The van der Waals surface area contributed by atoms with Gasteiger partial charge >= 0.3 is 0 Å². The molecule has 190 valence electrons. The molecule has 9 atom stereocenters. The molecule has 33 heavy (non-hydrogen) atoms. The number of hydrogen-bond acceptors (Lipinski definition) is 1. The van der Waals surface area contributed by atoms with Crippen LogP contribution >= 0.6 is 0 Å². The van der Waals surface area contributed by atoms with Gasteiger partial charge in [-0.15, -0.1) is 0 Å². The number of fused-ring (bicyclic) bond motifs is 5. The highest BCUT2D eigenvalue weighted by Crippen LogP contribution is 2.68. The average Bonchev–Trinajstić information content (AvgIpc) is 3.16. The fourth-order valence-electron chi connectivity index (χ4n) is 10.9. The lowest BCUT2D eigenvalue weighted by molar-refractivity contribution is -0.124. The predicted octanol–water partition coefficient (Wildman–Crippen LogP) is 8.96. The fraction of sp³-hybridized carbons (Fsp3) is 1.00. The summed E-state index contributed by atoms with van der Waals surface area (Å²) in [5, 5.41) is 0. The maximum atomic E-state index is 2.91. The third-order valence-corrected chi connectivity index (χ3v) is 12.7. The Bertz CT molecular complexity index is 649. The zero-order chi connectivity index (χ0) is 23.2. The van der Waals surface area contributed by atoms with Crippen LogP contribution in [0.1, 0.15) is 131 Å². The molecule has 4 saturated carbocycles. The van der Waals surface area contributed by atoms with Gasteiger partial charge in [-0.3, -0.25) is 0 Å². The molecule has 4 unspecified atom stereocenters. The van der Waals surface area contributed by atoms with Crippen LogP contribution in [0.2, 0.25) is 0 Å². The van der Waals surface area contributed by atoms with Crippen LogP contribution in [0.25, 0.3) is 0 Å². The van der Waals surface area contributed by atoms with Crippen molar-refractivity contribution >= 4 is 0 Å². The molecule has 0 aromatic carbocycles. The van der Waals surface area contributed by atoms with Gasteiger partial charge in [0.25, 0.3) is 0 Å². The Morgan fingerprint density at radius 1 is 0.758 bits per heavy atom. The van der Waals surface area contributed by atoms with E-state index in [1.165, 1.54) is 64.5 Å². The van der Waals surface area contributed by atoms with Crippen molar-refractivity contribution in [2.45, 2.75) is 137 Å². The van der Waals surface area contributed by atoms with Gasteiger partial charge in [0.1, 0.15) is 0 Å². The standard InChI is InChI=1S/C32H57N/c1-23(2)10-9-11-24(3)28-14-15-29-27-13-12-25-22-26(33-20-7-6-8-21-33)16-18-31(25,4)30(27)17-19-32(28,29)5/h23-30H,6-22H2,1-5H3/t24-,25?,26+,27?,28-,29?,30?,31+,32-/m1/s1. The Morgan fingerprint density at radius 3 is 2.24 bits per heavy atom.